The third-order valence-corrected chi connectivity index (χ3v) is 6.67. The first-order chi connectivity index (χ1) is 11.6. The molecule has 1 amide bonds. The highest BCUT2D eigenvalue weighted by Gasteiger charge is 2.21. The highest BCUT2D eigenvalue weighted by atomic mass is 32.2. The Morgan fingerprint density at radius 2 is 1.68 bits per heavy atom. The Morgan fingerprint density at radius 1 is 1.12 bits per heavy atom. The van der Waals surface area contributed by atoms with Crippen molar-refractivity contribution in [2.75, 3.05) is 19.4 Å². The Labute approximate surface area is 150 Å². The number of thiophene rings is 1. The van der Waals surface area contributed by atoms with Crippen LogP contribution in [-0.2, 0) is 10.0 Å². The van der Waals surface area contributed by atoms with Gasteiger partial charge in [0.1, 0.15) is 5.00 Å². The standard InChI is InChI=1S/C16H18N2O5S2/c1-9-10(2)24-15(13(9)16(20)21)17-14(19)11-5-7-12(8-6-11)25(22,23)18(3)4/h5-8H,1-4H3,(H,17,19)(H,20,21). The van der Waals surface area contributed by atoms with E-state index in [1.54, 1.807) is 13.8 Å². The maximum atomic E-state index is 12.3. The number of rotatable bonds is 5. The van der Waals surface area contributed by atoms with Gasteiger partial charge >= 0.3 is 5.97 Å². The van der Waals surface area contributed by atoms with Crippen LogP contribution in [0.25, 0.3) is 0 Å². The van der Waals surface area contributed by atoms with Gasteiger partial charge in [0, 0.05) is 24.5 Å². The summed E-state index contributed by atoms with van der Waals surface area (Å²) in [6, 6.07) is 5.46. The summed E-state index contributed by atoms with van der Waals surface area (Å²) in [7, 11) is -0.730. The fourth-order valence-corrected chi connectivity index (χ4v) is 4.09. The van der Waals surface area contributed by atoms with E-state index >= 15 is 0 Å². The molecule has 0 spiro atoms. The average Bonchev–Trinajstić information content (AvgIpc) is 2.81. The van der Waals surface area contributed by atoms with Crippen LogP contribution in [0, 0.1) is 13.8 Å². The maximum absolute atomic E-state index is 12.3. The van der Waals surface area contributed by atoms with Gasteiger partial charge in [-0.3, -0.25) is 4.79 Å². The van der Waals surface area contributed by atoms with Crippen LogP contribution in [0.4, 0.5) is 5.00 Å². The minimum Gasteiger partial charge on any atom is -0.478 e. The molecule has 0 aliphatic heterocycles. The maximum Gasteiger partial charge on any atom is 0.338 e. The lowest BCUT2D eigenvalue weighted by atomic mass is 10.1. The van der Waals surface area contributed by atoms with Crippen molar-refractivity contribution in [1.82, 2.24) is 4.31 Å². The monoisotopic (exact) mass is 382 g/mol. The lowest BCUT2D eigenvalue weighted by molar-refractivity contribution is 0.0697. The van der Waals surface area contributed by atoms with Crippen molar-refractivity contribution in [3.05, 3.63) is 45.8 Å². The van der Waals surface area contributed by atoms with Crippen molar-refractivity contribution in [2.45, 2.75) is 18.7 Å². The van der Waals surface area contributed by atoms with E-state index < -0.39 is 21.9 Å². The van der Waals surface area contributed by atoms with Crippen LogP contribution in [0.3, 0.4) is 0 Å². The number of hydrogen-bond acceptors (Lipinski definition) is 5. The molecule has 0 saturated heterocycles. The molecule has 1 aromatic heterocycles. The van der Waals surface area contributed by atoms with Crippen LogP contribution in [0.15, 0.2) is 29.2 Å². The number of carboxylic acid groups (broad SMARTS) is 1. The Bertz CT molecular complexity index is 928. The number of sulfonamides is 1. The summed E-state index contributed by atoms with van der Waals surface area (Å²) < 4.78 is 25.1. The summed E-state index contributed by atoms with van der Waals surface area (Å²) in [6.45, 7) is 3.47. The lowest BCUT2D eigenvalue weighted by Gasteiger charge is -2.11. The van der Waals surface area contributed by atoms with Crippen molar-refractivity contribution in [3.63, 3.8) is 0 Å². The second-order valence-electron chi connectivity index (χ2n) is 5.56. The van der Waals surface area contributed by atoms with Gasteiger partial charge in [0.15, 0.2) is 0 Å². The number of carbonyl (C=O) groups is 2. The van der Waals surface area contributed by atoms with E-state index in [0.717, 1.165) is 9.18 Å². The normalized spacial score (nSPS) is 11.6. The number of nitrogens with one attached hydrogen (secondary N) is 1. The number of hydrogen-bond donors (Lipinski definition) is 2. The third-order valence-electron chi connectivity index (χ3n) is 3.72. The second-order valence-corrected chi connectivity index (χ2v) is 8.94. The molecule has 7 nitrogen and oxygen atoms in total. The van der Waals surface area contributed by atoms with E-state index in [9.17, 15) is 23.1 Å². The average molecular weight is 382 g/mol. The highest BCUT2D eigenvalue weighted by Crippen LogP contribution is 2.32. The van der Waals surface area contributed by atoms with Crippen LogP contribution >= 0.6 is 11.3 Å². The smallest absolute Gasteiger partial charge is 0.338 e. The van der Waals surface area contributed by atoms with E-state index in [4.69, 9.17) is 0 Å². The predicted molar refractivity (Wildman–Crippen MR) is 96.0 cm³/mol. The Balaban J connectivity index is 2.29. The van der Waals surface area contributed by atoms with Crippen LogP contribution in [0.5, 0.6) is 0 Å². The van der Waals surface area contributed by atoms with Gasteiger partial charge in [-0.05, 0) is 43.7 Å². The number of nitrogens with zero attached hydrogens (tertiary/aromatic N) is 1. The fourth-order valence-electron chi connectivity index (χ4n) is 2.14. The zero-order valence-corrected chi connectivity index (χ0v) is 15.8. The molecule has 25 heavy (non-hydrogen) atoms. The third kappa shape index (κ3) is 3.73. The van der Waals surface area contributed by atoms with Gasteiger partial charge in [-0.15, -0.1) is 11.3 Å². The van der Waals surface area contributed by atoms with Gasteiger partial charge < -0.3 is 10.4 Å². The number of aromatic carboxylic acids is 1. The summed E-state index contributed by atoms with van der Waals surface area (Å²) in [5.41, 5.74) is 0.917. The summed E-state index contributed by atoms with van der Waals surface area (Å²) >= 11 is 1.19. The van der Waals surface area contributed by atoms with Gasteiger partial charge in [-0.2, -0.15) is 0 Å². The van der Waals surface area contributed by atoms with Gasteiger partial charge in [0.25, 0.3) is 5.91 Å². The van der Waals surface area contributed by atoms with Gasteiger partial charge in [0.05, 0.1) is 10.5 Å². The molecular formula is C16H18N2O5S2. The number of benzene rings is 1. The predicted octanol–water partition coefficient (Wildman–Crippen LogP) is 2.57. The molecule has 0 aliphatic rings. The lowest BCUT2D eigenvalue weighted by Crippen LogP contribution is -2.22. The molecule has 2 N–H and O–H groups in total. The number of amides is 1. The number of carbonyl (C=O) groups excluding carboxylic acids is 1. The molecule has 0 saturated carbocycles. The molecule has 2 rings (SSSR count). The SMILES string of the molecule is Cc1sc(NC(=O)c2ccc(S(=O)(=O)N(C)C)cc2)c(C(=O)O)c1C. The first-order valence-electron chi connectivity index (χ1n) is 7.23. The summed E-state index contributed by atoms with van der Waals surface area (Å²) in [5.74, 6) is -1.61. The van der Waals surface area contributed by atoms with Gasteiger partial charge in [0.2, 0.25) is 10.0 Å². The minimum absolute atomic E-state index is 0.0719. The molecule has 0 radical (unpaired) electrons. The summed E-state index contributed by atoms with van der Waals surface area (Å²) in [6.07, 6.45) is 0. The zero-order chi connectivity index (χ0) is 18.9. The molecule has 2 aromatic rings. The molecule has 0 unspecified atom stereocenters. The Kier molecular flexibility index (Phi) is 5.31. The molecule has 0 atom stereocenters. The summed E-state index contributed by atoms with van der Waals surface area (Å²) in [4.78, 5) is 24.6. The number of aryl methyl sites for hydroxylation is 1. The van der Waals surface area contributed by atoms with E-state index in [1.807, 2.05) is 0 Å². The second kappa shape index (κ2) is 6.95. The van der Waals surface area contributed by atoms with E-state index in [-0.39, 0.29) is 21.0 Å². The number of anilines is 1. The molecule has 0 aliphatic carbocycles. The molecule has 1 aromatic carbocycles. The van der Waals surface area contributed by atoms with Crippen molar-refractivity contribution < 1.29 is 23.1 Å². The van der Waals surface area contributed by atoms with E-state index in [2.05, 4.69) is 5.32 Å². The highest BCUT2D eigenvalue weighted by molar-refractivity contribution is 7.89. The molecular weight excluding hydrogens is 364 g/mol. The summed E-state index contributed by atoms with van der Waals surface area (Å²) in [5, 5.41) is 12.2. The molecule has 134 valence electrons. The quantitative estimate of drug-likeness (QED) is 0.827. The van der Waals surface area contributed by atoms with Gasteiger partial charge in [-0.1, -0.05) is 0 Å². The van der Waals surface area contributed by atoms with E-state index in [1.165, 1.54) is 49.7 Å². The van der Waals surface area contributed by atoms with Crippen molar-refractivity contribution in [1.29, 1.82) is 0 Å². The molecule has 0 bridgehead atoms. The van der Waals surface area contributed by atoms with Crippen LogP contribution in [0.2, 0.25) is 0 Å². The Hall–Kier alpha value is -2.23. The first-order valence-corrected chi connectivity index (χ1v) is 9.48. The first kappa shape index (κ1) is 19.1. The van der Waals surface area contributed by atoms with Crippen molar-refractivity contribution >= 4 is 38.2 Å². The molecule has 0 fully saturated rings. The van der Waals surface area contributed by atoms with Gasteiger partial charge in [-0.25, -0.2) is 17.5 Å². The molecule has 9 heteroatoms. The minimum atomic E-state index is -3.57. The van der Waals surface area contributed by atoms with Crippen molar-refractivity contribution in [3.8, 4) is 0 Å². The fraction of sp³-hybridized carbons (Fsp3) is 0.250. The topological polar surface area (TPSA) is 104 Å². The Morgan fingerprint density at radius 3 is 2.16 bits per heavy atom. The van der Waals surface area contributed by atoms with E-state index in [0.29, 0.717) is 5.56 Å². The number of carboxylic acids is 1. The van der Waals surface area contributed by atoms with Crippen LogP contribution in [-0.4, -0.2) is 43.8 Å². The van der Waals surface area contributed by atoms with Crippen LogP contribution in [0.1, 0.15) is 31.2 Å². The van der Waals surface area contributed by atoms with Crippen LogP contribution < -0.4 is 5.32 Å². The van der Waals surface area contributed by atoms with Crippen molar-refractivity contribution in [2.24, 2.45) is 0 Å². The largest absolute Gasteiger partial charge is 0.478 e. The zero-order valence-electron chi connectivity index (χ0n) is 14.2. The molecule has 1 heterocycles.